The highest BCUT2D eigenvalue weighted by molar-refractivity contribution is 5.85. The highest BCUT2D eigenvalue weighted by Crippen LogP contribution is 2.27. The zero-order valence-electron chi connectivity index (χ0n) is 11.4. The average molecular weight is 254 g/mol. The lowest BCUT2D eigenvalue weighted by Crippen LogP contribution is -2.54. The maximum atomic E-state index is 8.80. The molecule has 5 nitrogen and oxygen atoms in total. The summed E-state index contributed by atoms with van der Waals surface area (Å²) in [4.78, 5) is 4.91. The predicted octanol–water partition coefficient (Wildman–Crippen LogP) is 0.929. The predicted molar refractivity (Wildman–Crippen MR) is 72.8 cm³/mol. The van der Waals surface area contributed by atoms with Crippen LogP contribution in [-0.2, 0) is 0 Å². The van der Waals surface area contributed by atoms with E-state index >= 15 is 0 Å². The first-order valence-corrected chi connectivity index (χ1v) is 7.18. The molecule has 1 saturated heterocycles. The van der Waals surface area contributed by atoms with E-state index in [2.05, 4.69) is 21.9 Å². The summed E-state index contributed by atoms with van der Waals surface area (Å²) in [7, 11) is 0. The summed E-state index contributed by atoms with van der Waals surface area (Å²) < 4.78 is 0. The number of hydrogen-bond donors (Lipinski definition) is 2. The van der Waals surface area contributed by atoms with E-state index in [9.17, 15) is 0 Å². The van der Waals surface area contributed by atoms with Gasteiger partial charge in [-0.25, -0.2) is 0 Å². The lowest BCUT2D eigenvalue weighted by atomic mass is 9.85. The van der Waals surface area contributed by atoms with Crippen molar-refractivity contribution in [1.82, 2.24) is 9.80 Å². The number of oxime groups is 1. The van der Waals surface area contributed by atoms with Gasteiger partial charge >= 0.3 is 0 Å². The Balaban J connectivity index is 1.77. The van der Waals surface area contributed by atoms with E-state index in [1.165, 1.54) is 25.8 Å². The molecule has 1 unspecified atom stereocenters. The minimum absolute atomic E-state index is 0.0980. The molecule has 0 radical (unpaired) electrons. The second kappa shape index (κ2) is 6.38. The van der Waals surface area contributed by atoms with E-state index in [1.54, 1.807) is 0 Å². The Morgan fingerprint density at radius 1 is 1.33 bits per heavy atom. The van der Waals surface area contributed by atoms with Crippen molar-refractivity contribution < 1.29 is 5.21 Å². The van der Waals surface area contributed by atoms with Gasteiger partial charge in [0.1, 0.15) is 0 Å². The standard InChI is InChI=1S/C13H26N4O/c1-2-12(13(14)15-18)17-8-6-16(7-9-17)10-11-4-3-5-11/h11-12,18H,2-10H2,1H3,(H2,14,15). The fraction of sp³-hybridized carbons (Fsp3) is 0.923. The molecule has 0 amide bonds. The maximum Gasteiger partial charge on any atom is 0.156 e. The molecule has 0 aromatic rings. The van der Waals surface area contributed by atoms with Gasteiger partial charge in [-0.1, -0.05) is 18.5 Å². The Morgan fingerprint density at radius 2 is 2.00 bits per heavy atom. The Bertz CT molecular complexity index is 283. The Kier molecular flexibility index (Phi) is 4.83. The van der Waals surface area contributed by atoms with Crippen molar-refractivity contribution in [3.05, 3.63) is 0 Å². The van der Waals surface area contributed by atoms with Gasteiger partial charge < -0.3 is 15.8 Å². The molecule has 3 N–H and O–H groups in total. The molecule has 2 fully saturated rings. The highest BCUT2D eigenvalue weighted by Gasteiger charge is 2.27. The van der Waals surface area contributed by atoms with E-state index in [0.717, 1.165) is 38.5 Å². The second-order valence-corrected chi connectivity index (χ2v) is 5.58. The topological polar surface area (TPSA) is 65.1 Å². The third-order valence-corrected chi connectivity index (χ3v) is 4.43. The Hall–Kier alpha value is -0.810. The zero-order valence-corrected chi connectivity index (χ0v) is 11.4. The Labute approximate surface area is 110 Å². The van der Waals surface area contributed by atoms with Gasteiger partial charge in [-0.3, -0.25) is 4.90 Å². The molecule has 5 heteroatoms. The molecule has 104 valence electrons. The molecule has 0 aromatic carbocycles. The van der Waals surface area contributed by atoms with Crippen LogP contribution in [0.5, 0.6) is 0 Å². The molecule has 1 atom stereocenters. The average Bonchev–Trinajstić information content (AvgIpc) is 2.36. The summed E-state index contributed by atoms with van der Waals surface area (Å²) >= 11 is 0. The molecule has 2 rings (SSSR count). The van der Waals surface area contributed by atoms with E-state index in [1.807, 2.05) is 0 Å². The van der Waals surface area contributed by atoms with Crippen LogP contribution in [-0.4, -0.2) is 59.6 Å². The van der Waals surface area contributed by atoms with Crippen LogP contribution in [0, 0.1) is 5.92 Å². The normalized spacial score (nSPS) is 25.9. The van der Waals surface area contributed by atoms with Crippen LogP contribution >= 0.6 is 0 Å². The van der Waals surface area contributed by atoms with Gasteiger partial charge in [0.25, 0.3) is 0 Å². The van der Waals surface area contributed by atoms with Gasteiger partial charge in [-0.05, 0) is 25.2 Å². The lowest BCUT2D eigenvalue weighted by molar-refractivity contribution is 0.0883. The summed E-state index contributed by atoms with van der Waals surface area (Å²) in [5.74, 6) is 1.30. The van der Waals surface area contributed by atoms with Gasteiger partial charge in [0.2, 0.25) is 0 Å². The van der Waals surface area contributed by atoms with E-state index in [-0.39, 0.29) is 6.04 Å². The van der Waals surface area contributed by atoms with Gasteiger partial charge in [0.05, 0.1) is 6.04 Å². The van der Waals surface area contributed by atoms with Gasteiger partial charge in [-0.2, -0.15) is 0 Å². The van der Waals surface area contributed by atoms with Gasteiger partial charge in [-0.15, -0.1) is 0 Å². The minimum atomic E-state index is 0.0980. The van der Waals surface area contributed by atoms with Crippen molar-refractivity contribution in [1.29, 1.82) is 0 Å². The van der Waals surface area contributed by atoms with Crippen molar-refractivity contribution in [3.8, 4) is 0 Å². The largest absolute Gasteiger partial charge is 0.409 e. The Morgan fingerprint density at radius 3 is 2.44 bits per heavy atom. The summed E-state index contributed by atoms with van der Waals surface area (Å²) in [6, 6.07) is 0.0980. The summed E-state index contributed by atoms with van der Waals surface area (Å²) in [5, 5.41) is 12.0. The third-order valence-electron chi connectivity index (χ3n) is 4.43. The quantitative estimate of drug-likeness (QED) is 0.331. The zero-order chi connectivity index (χ0) is 13.0. The molecule has 1 aliphatic carbocycles. The number of rotatable bonds is 5. The molecule has 0 spiro atoms. The lowest BCUT2D eigenvalue weighted by Gasteiger charge is -2.40. The van der Waals surface area contributed by atoms with Crippen LogP contribution < -0.4 is 5.73 Å². The van der Waals surface area contributed by atoms with Crippen molar-refractivity contribution in [2.75, 3.05) is 32.7 Å². The molecule has 1 heterocycles. The van der Waals surface area contributed by atoms with Gasteiger partial charge in [0.15, 0.2) is 5.84 Å². The molecule has 1 aliphatic heterocycles. The fourth-order valence-electron chi connectivity index (χ4n) is 3.02. The van der Waals surface area contributed by atoms with Crippen LogP contribution in [0.3, 0.4) is 0 Å². The first kappa shape index (κ1) is 13.6. The molecular weight excluding hydrogens is 228 g/mol. The van der Waals surface area contributed by atoms with E-state index < -0.39 is 0 Å². The maximum absolute atomic E-state index is 8.80. The summed E-state index contributed by atoms with van der Waals surface area (Å²) in [5.41, 5.74) is 5.75. The SMILES string of the molecule is CCC(C(N)=NO)N1CCN(CC2CCC2)CC1. The molecule has 0 aromatic heterocycles. The summed E-state index contributed by atoms with van der Waals surface area (Å²) in [6.07, 6.45) is 5.16. The molecule has 18 heavy (non-hydrogen) atoms. The van der Waals surface area contributed by atoms with Crippen molar-refractivity contribution in [2.45, 2.75) is 38.6 Å². The first-order valence-electron chi connectivity index (χ1n) is 7.18. The van der Waals surface area contributed by atoms with Crippen molar-refractivity contribution in [2.24, 2.45) is 16.8 Å². The number of nitrogens with two attached hydrogens (primary N) is 1. The number of hydrogen-bond acceptors (Lipinski definition) is 4. The third kappa shape index (κ3) is 3.14. The van der Waals surface area contributed by atoms with Crippen LogP contribution in [0.2, 0.25) is 0 Å². The van der Waals surface area contributed by atoms with Crippen molar-refractivity contribution >= 4 is 5.84 Å². The van der Waals surface area contributed by atoms with E-state index in [0.29, 0.717) is 5.84 Å². The molecule has 0 bridgehead atoms. The second-order valence-electron chi connectivity index (χ2n) is 5.58. The van der Waals surface area contributed by atoms with Crippen LogP contribution in [0.1, 0.15) is 32.6 Å². The van der Waals surface area contributed by atoms with E-state index in [4.69, 9.17) is 10.9 Å². The summed E-state index contributed by atoms with van der Waals surface area (Å²) in [6.45, 7) is 7.65. The van der Waals surface area contributed by atoms with Crippen molar-refractivity contribution in [3.63, 3.8) is 0 Å². The number of piperazine rings is 1. The molecular formula is C13H26N4O. The monoisotopic (exact) mass is 254 g/mol. The molecule has 2 aliphatic rings. The van der Waals surface area contributed by atoms with Crippen LogP contribution in [0.25, 0.3) is 0 Å². The smallest absolute Gasteiger partial charge is 0.156 e. The fourth-order valence-corrected chi connectivity index (χ4v) is 3.02. The highest BCUT2D eigenvalue weighted by atomic mass is 16.4. The van der Waals surface area contributed by atoms with Crippen LogP contribution in [0.4, 0.5) is 0 Å². The number of amidine groups is 1. The van der Waals surface area contributed by atoms with Crippen LogP contribution in [0.15, 0.2) is 5.16 Å². The van der Waals surface area contributed by atoms with Gasteiger partial charge in [0, 0.05) is 32.7 Å². The minimum Gasteiger partial charge on any atom is -0.409 e. The molecule has 1 saturated carbocycles. The first-order chi connectivity index (χ1) is 8.74. The number of nitrogens with zero attached hydrogens (tertiary/aromatic N) is 3.